The van der Waals surface area contributed by atoms with Crippen molar-refractivity contribution >= 4 is 25.7 Å². The monoisotopic (exact) mass is 318 g/mol. The van der Waals surface area contributed by atoms with Gasteiger partial charge >= 0.3 is 5.97 Å². The number of hydrogen-bond acceptors (Lipinski definition) is 4. The molecule has 0 aliphatic heterocycles. The Balaban J connectivity index is 3.46. The zero-order valence-electron chi connectivity index (χ0n) is 12.3. The van der Waals surface area contributed by atoms with Gasteiger partial charge in [0.1, 0.15) is 0 Å². The van der Waals surface area contributed by atoms with Gasteiger partial charge in [0.15, 0.2) is 0 Å². The Kier molecular flexibility index (Phi) is 5.21. The van der Waals surface area contributed by atoms with Crippen LogP contribution in [0.1, 0.15) is 47.3 Å². The number of ether oxygens (including phenoxy) is 1. The predicted molar refractivity (Wildman–Crippen MR) is 78.9 cm³/mol. The van der Waals surface area contributed by atoms with Crippen LogP contribution in [-0.2, 0) is 13.8 Å². The van der Waals surface area contributed by atoms with Gasteiger partial charge < -0.3 is 4.74 Å². The summed E-state index contributed by atoms with van der Waals surface area (Å²) in [5.74, 6) is -0.518. The van der Waals surface area contributed by atoms with E-state index in [1.54, 1.807) is 33.8 Å². The molecule has 0 amide bonds. The van der Waals surface area contributed by atoms with E-state index >= 15 is 0 Å². The lowest BCUT2D eigenvalue weighted by Crippen LogP contribution is -2.17. The molecule has 0 N–H and O–H groups in total. The van der Waals surface area contributed by atoms with Crippen molar-refractivity contribution in [2.45, 2.75) is 52.0 Å². The normalized spacial score (nSPS) is 13.1. The molecule has 0 fully saturated rings. The minimum absolute atomic E-state index is 0.0131. The molecule has 0 aliphatic rings. The van der Waals surface area contributed by atoms with Crippen LogP contribution in [0, 0.1) is 20.8 Å². The SMILES string of the molecule is CCC(C)OC(=O)c1c(C)cc(C)c(S(=O)(=O)Cl)c1C. The van der Waals surface area contributed by atoms with Crippen molar-refractivity contribution in [3.8, 4) is 0 Å². The van der Waals surface area contributed by atoms with Gasteiger partial charge in [-0.3, -0.25) is 0 Å². The van der Waals surface area contributed by atoms with E-state index in [0.717, 1.165) is 0 Å². The highest BCUT2D eigenvalue weighted by molar-refractivity contribution is 8.13. The number of esters is 1. The van der Waals surface area contributed by atoms with Gasteiger partial charge in [0, 0.05) is 10.7 Å². The summed E-state index contributed by atoms with van der Waals surface area (Å²) in [5.41, 5.74) is 1.81. The Hall–Kier alpha value is -1.07. The maximum Gasteiger partial charge on any atom is 0.338 e. The Morgan fingerprint density at radius 3 is 2.30 bits per heavy atom. The van der Waals surface area contributed by atoms with Crippen molar-refractivity contribution in [1.29, 1.82) is 0 Å². The van der Waals surface area contributed by atoms with Gasteiger partial charge in [0.25, 0.3) is 9.05 Å². The maximum atomic E-state index is 12.2. The molecule has 1 unspecified atom stereocenters. The zero-order chi connectivity index (χ0) is 15.7. The molecule has 1 aromatic carbocycles. The van der Waals surface area contributed by atoms with Crippen LogP contribution in [0.5, 0.6) is 0 Å². The first-order valence-corrected chi connectivity index (χ1v) is 8.67. The summed E-state index contributed by atoms with van der Waals surface area (Å²) in [6.45, 7) is 8.66. The van der Waals surface area contributed by atoms with Crippen LogP contribution in [0.2, 0.25) is 0 Å². The summed E-state index contributed by atoms with van der Waals surface area (Å²) in [5, 5.41) is 0. The van der Waals surface area contributed by atoms with Crippen molar-refractivity contribution in [3.05, 3.63) is 28.3 Å². The average Bonchev–Trinajstić information content (AvgIpc) is 2.25. The van der Waals surface area contributed by atoms with Gasteiger partial charge in [-0.15, -0.1) is 0 Å². The first-order chi connectivity index (χ1) is 9.09. The molecule has 0 aliphatic carbocycles. The number of aryl methyl sites for hydroxylation is 2. The second kappa shape index (κ2) is 6.14. The Labute approximate surface area is 124 Å². The highest BCUT2D eigenvalue weighted by Gasteiger charge is 2.25. The second-order valence-corrected chi connectivity index (χ2v) is 7.40. The predicted octanol–water partition coefficient (Wildman–Crippen LogP) is 3.49. The number of carbonyl (C=O) groups is 1. The summed E-state index contributed by atoms with van der Waals surface area (Å²) in [4.78, 5) is 12.2. The van der Waals surface area contributed by atoms with Crippen molar-refractivity contribution in [2.24, 2.45) is 0 Å². The van der Waals surface area contributed by atoms with Crippen LogP contribution in [0.3, 0.4) is 0 Å². The van der Waals surface area contributed by atoms with Gasteiger partial charge in [0.2, 0.25) is 0 Å². The first-order valence-electron chi connectivity index (χ1n) is 6.36. The number of hydrogen-bond donors (Lipinski definition) is 0. The fraction of sp³-hybridized carbons (Fsp3) is 0.500. The van der Waals surface area contributed by atoms with Crippen LogP contribution in [0.25, 0.3) is 0 Å². The molecule has 1 atom stereocenters. The van der Waals surface area contributed by atoms with Crippen LogP contribution in [0.4, 0.5) is 0 Å². The molecule has 1 rings (SSSR count). The van der Waals surface area contributed by atoms with Gasteiger partial charge in [-0.2, -0.15) is 0 Å². The lowest BCUT2D eigenvalue weighted by atomic mass is 9.99. The van der Waals surface area contributed by atoms with Crippen LogP contribution >= 0.6 is 10.7 Å². The molecule has 0 saturated heterocycles. The Morgan fingerprint density at radius 2 is 1.85 bits per heavy atom. The topological polar surface area (TPSA) is 60.4 Å². The largest absolute Gasteiger partial charge is 0.459 e. The molecular formula is C14H19ClO4S. The molecule has 0 spiro atoms. The number of halogens is 1. The zero-order valence-corrected chi connectivity index (χ0v) is 13.9. The molecule has 0 heterocycles. The Bertz CT molecular complexity index is 635. The maximum absolute atomic E-state index is 12.2. The molecule has 0 aromatic heterocycles. The fourth-order valence-corrected chi connectivity index (χ4v) is 3.81. The van der Waals surface area contributed by atoms with Gasteiger partial charge in [0.05, 0.1) is 16.6 Å². The first kappa shape index (κ1) is 17.0. The summed E-state index contributed by atoms with van der Waals surface area (Å²) < 4.78 is 28.6. The standard InChI is InChI=1S/C14H19ClO4S/c1-6-10(4)19-14(16)12-8(2)7-9(3)13(11(12)5)20(15,17)18/h7,10H,6H2,1-5H3. The minimum atomic E-state index is -3.91. The van der Waals surface area contributed by atoms with E-state index in [1.807, 2.05) is 6.92 Å². The fourth-order valence-electron chi connectivity index (χ4n) is 2.18. The second-order valence-electron chi connectivity index (χ2n) is 4.90. The van der Waals surface area contributed by atoms with E-state index < -0.39 is 15.0 Å². The Morgan fingerprint density at radius 1 is 1.30 bits per heavy atom. The number of carbonyl (C=O) groups excluding carboxylic acids is 1. The number of rotatable bonds is 4. The van der Waals surface area contributed by atoms with E-state index in [9.17, 15) is 13.2 Å². The molecule has 1 aromatic rings. The van der Waals surface area contributed by atoms with Crippen LogP contribution in [-0.4, -0.2) is 20.5 Å². The average molecular weight is 319 g/mol. The smallest absolute Gasteiger partial charge is 0.338 e. The summed E-state index contributed by atoms with van der Waals surface area (Å²) in [6, 6.07) is 1.63. The molecule has 0 bridgehead atoms. The lowest BCUT2D eigenvalue weighted by Gasteiger charge is -2.17. The summed E-state index contributed by atoms with van der Waals surface area (Å²) in [6.07, 6.45) is 0.467. The molecule has 0 saturated carbocycles. The van der Waals surface area contributed by atoms with Crippen LogP contribution < -0.4 is 0 Å². The van der Waals surface area contributed by atoms with Gasteiger partial charge in [-0.25, -0.2) is 13.2 Å². The van der Waals surface area contributed by atoms with E-state index in [1.165, 1.54) is 0 Å². The third-order valence-corrected chi connectivity index (χ3v) is 4.81. The van der Waals surface area contributed by atoms with Crippen molar-refractivity contribution in [2.75, 3.05) is 0 Å². The molecule has 20 heavy (non-hydrogen) atoms. The summed E-state index contributed by atoms with van der Waals surface area (Å²) >= 11 is 0. The van der Waals surface area contributed by atoms with Crippen molar-refractivity contribution in [1.82, 2.24) is 0 Å². The van der Waals surface area contributed by atoms with Crippen molar-refractivity contribution in [3.63, 3.8) is 0 Å². The van der Waals surface area contributed by atoms with Gasteiger partial charge in [-0.05, 0) is 50.8 Å². The quantitative estimate of drug-likeness (QED) is 0.629. The lowest BCUT2D eigenvalue weighted by molar-refractivity contribution is 0.0332. The van der Waals surface area contributed by atoms with E-state index in [4.69, 9.17) is 15.4 Å². The molecular weight excluding hydrogens is 300 g/mol. The third kappa shape index (κ3) is 3.52. The number of benzene rings is 1. The van der Waals surface area contributed by atoms with Gasteiger partial charge in [-0.1, -0.05) is 13.0 Å². The highest BCUT2D eigenvalue weighted by atomic mass is 35.7. The molecule has 0 radical (unpaired) electrons. The molecule has 6 heteroatoms. The molecule has 4 nitrogen and oxygen atoms in total. The van der Waals surface area contributed by atoms with E-state index in [2.05, 4.69) is 0 Å². The van der Waals surface area contributed by atoms with Crippen molar-refractivity contribution < 1.29 is 17.9 Å². The minimum Gasteiger partial charge on any atom is -0.459 e. The van der Waals surface area contributed by atoms with E-state index in [0.29, 0.717) is 23.1 Å². The van der Waals surface area contributed by atoms with Crippen LogP contribution in [0.15, 0.2) is 11.0 Å². The summed E-state index contributed by atoms with van der Waals surface area (Å²) in [7, 11) is 1.54. The molecule has 112 valence electrons. The third-order valence-electron chi connectivity index (χ3n) is 3.23. The highest BCUT2D eigenvalue weighted by Crippen LogP contribution is 2.29. The van der Waals surface area contributed by atoms with E-state index in [-0.39, 0.29) is 16.6 Å².